The van der Waals surface area contributed by atoms with Gasteiger partial charge in [0.1, 0.15) is 15.8 Å². The van der Waals surface area contributed by atoms with E-state index in [4.69, 9.17) is 11.6 Å². The molecule has 1 unspecified atom stereocenters. The van der Waals surface area contributed by atoms with Crippen molar-refractivity contribution in [3.8, 4) is 0 Å². The van der Waals surface area contributed by atoms with Gasteiger partial charge in [-0.2, -0.15) is 0 Å². The average molecular weight is 252 g/mol. The van der Waals surface area contributed by atoms with Crippen LogP contribution in [0, 0.1) is 6.92 Å². The van der Waals surface area contributed by atoms with Gasteiger partial charge >= 0.3 is 0 Å². The van der Waals surface area contributed by atoms with E-state index in [2.05, 4.69) is 4.98 Å². The van der Waals surface area contributed by atoms with Gasteiger partial charge in [-0.05, 0) is 36.8 Å². The van der Waals surface area contributed by atoms with Crippen LogP contribution in [0.5, 0.6) is 0 Å². The van der Waals surface area contributed by atoms with Crippen molar-refractivity contribution in [2.75, 3.05) is 0 Å². The fourth-order valence-electron chi connectivity index (χ4n) is 1.34. The van der Waals surface area contributed by atoms with Crippen molar-refractivity contribution in [2.45, 2.75) is 16.8 Å². The predicted octanol–water partition coefficient (Wildman–Crippen LogP) is 3.21. The molecule has 0 radical (unpaired) electrons. The number of benzene rings is 1. The Bertz CT molecular complexity index is 528. The molecule has 0 aliphatic rings. The molecule has 1 aromatic heterocycles. The molecule has 0 spiro atoms. The quantitative estimate of drug-likeness (QED) is 0.820. The Morgan fingerprint density at radius 1 is 1.25 bits per heavy atom. The molecule has 1 heterocycles. The minimum atomic E-state index is -1.26. The van der Waals surface area contributed by atoms with Crippen LogP contribution in [0.15, 0.2) is 52.5 Å². The van der Waals surface area contributed by atoms with Gasteiger partial charge in [0.05, 0.1) is 0 Å². The highest BCUT2D eigenvalue weighted by atomic mass is 35.5. The van der Waals surface area contributed by atoms with E-state index < -0.39 is 10.8 Å². The molecule has 0 saturated carbocycles. The zero-order chi connectivity index (χ0) is 11.5. The molecule has 0 aliphatic heterocycles. The Hall–Kier alpha value is -1.19. The lowest BCUT2D eigenvalue weighted by Gasteiger charge is -2.05. The minimum absolute atomic E-state index is 0.549. The lowest BCUT2D eigenvalue weighted by Crippen LogP contribution is -1.97. The number of rotatable bonds is 2. The van der Waals surface area contributed by atoms with Gasteiger partial charge in [-0.25, -0.2) is 9.19 Å². The Morgan fingerprint density at radius 3 is 2.75 bits per heavy atom. The van der Waals surface area contributed by atoms with Crippen molar-refractivity contribution in [3.63, 3.8) is 0 Å². The molecule has 0 N–H and O–H groups in total. The molecule has 2 aromatic rings. The van der Waals surface area contributed by atoms with Gasteiger partial charge in [-0.3, -0.25) is 0 Å². The third kappa shape index (κ3) is 2.31. The molecule has 16 heavy (non-hydrogen) atoms. The molecule has 4 heteroatoms. The van der Waals surface area contributed by atoms with Gasteiger partial charge in [0.15, 0.2) is 0 Å². The van der Waals surface area contributed by atoms with Gasteiger partial charge < -0.3 is 0 Å². The molecule has 0 amide bonds. The molecule has 1 atom stereocenters. The number of aryl methyl sites for hydroxylation is 1. The van der Waals surface area contributed by atoms with Crippen LogP contribution in [0.3, 0.4) is 0 Å². The van der Waals surface area contributed by atoms with Crippen molar-refractivity contribution in [2.24, 2.45) is 0 Å². The first-order valence-corrected chi connectivity index (χ1v) is 6.30. The van der Waals surface area contributed by atoms with Crippen LogP contribution in [-0.2, 0) is 10.8 Å². The molecular weight excluding hydrogens is 242 g/mol. The van der Waals surface area contributed by atoms with Crippen molar-refractivity contribution in [3.05, 3.63) is 53.2 Å². The fourth-order valence-corrected chi connectivity index (χ4v) is 2.76. The number of halogens is 1. The van der Waals surface area contributed by atoms with Gasteiger partial charge in [0.2, 0.25) is 0 Å². The third-order valence-corrected chi connectivity index (χ3v) is 3.87. The lowest BCUT2D eigenvalue weighted by molar-refractivity contribution is 0.680. The largest absolute Gasteiger partial charge is 0.247 e. The summed E-state index contributed by atoms with van der Waals surface area (Å²) in [5.41, 5.74) is 0.952. The second kappa shape index (κ2) is 4.76. The summed E-state index contributed by atoms with van der Waals surface area (Å²) >= 11 is 5.89. The van der Waals surface area contributed by atoms with E-state index in [9.17, 15) is 4.21 Å². The van der Waals surface area contributed by atoms with Gasteiger partial charge in [-0.1, -0.05) is 23.7 Å². The Kier molecular flexibility index (Phi) is 3.36. The fraction of sp³-hybridized carbons (Fsp3) is 0.0833. The summed E-state index contributed by atoms with van der Waals surface area (Å²) in [5.74, 6) is 0. The van der Waals surface area contributed by atoms with Crippen molar-refractivity contribution >= 4 is 22.4 Å². The molecule has 0 bridgehead atoms. The zero-order valence-corrected chi connectivity index (χ0v) is 10.3. The topological polar surface area (TPSA) is 30.0 Å². The second-order valence-electron chi connectivity index (χ2n) is 3.35. The number of hydrogen-bond acceptors (Lipinski definition) is 2. The molecule has 2 nitrogen and oxygen atoms in total. The van der Waals surface area contributed by atoms with Crippen LogP contribution < -0.4 is 0 Å². The second-order valence-corrected chi connectivity index (χ2v) is 5.18. The monoisotopic (exact) mass is 251 g/mol. The van der Waals surface area contributed by atoms with Crippen LogP contribution in [0.4, 0.5) is 0 Å². The number of pyridine rings is 1. The normalized spacial score (nSPS) is 12.4. The summed E-state index contributed by atoms with van der Waals surface area (Å²) in [6.45, 7) is 1.91. The molecule has 0 aliphatic carbocycles. The third-order valence-electron chi connectivity index (χ3n) is 2.18. The van der Waals surface area contributed by atoms with Crippen LogP contribution in [0.25, 0.3) is 0 Å². The molecule has 0 saturated heterocycles. The van der Waals surface area contributed by atoms with E-state index in [1.807, 2.05) is 19.1 Å². The van der Waals surface area contributed by atoms with Crippen molar-refractivity contribution < 1.29 is 4.21 Å². The standard InChI is InChI=1S/C12H10ClNOS/c1-9-5-6-10(13)8-11(9)16(15)12-4-2-3-7-14-12/h2-8H,1H3. The number of nitrogens with zero attached hydrogens (tertiary/aromatic N) is 1. The Balaban J connectivity index is 2.46. The van der Waals surface area contributed by atoms with Crippen LogP contribution in [0.2, 0.25) is 5.02 Å². The highest BCUT2D eigenvalue weighted by molar-refractivity contribution is 7.85. The smallest absolute Gasteiger partial charge is 0.132 e. The van der Waals surface area contributed by atoms with E-state index in [1.165, 1.54) is 0 Å². The maximum absolute atomic E-state index is 12.2. The van der Waals surface area contributed by atoms with E-state index >= 15 is 0 Å². The molecule has 1 aromatic carbocycles. The Labute approximate surface area is 102 Å². The summed E-state index contributed by atoms with van der Waals surface area (Å²) in [6.07, 6.45) is 1.63. The molecule has 82 valence electrons. The van der Waals surface area contributed by atoms with Crippen LogP contribution >= 0.6 is 11.6 Å². The molecule has 0 fully saturated rings. The van der Waals surface area contributed by atoms with Gasteiger partial charge in [0.25, 0.3) is 0 Å². The summed E-state index contributed by atoms with van der Waals surface area (Å²) in [6, 6.07) is 10.7. The first-order chi connectivity index (χ1) is 7.68. The molecule has 2 rings (SSSR count). The predicted molar refractivity (Wildman–Crippen MR) is 65.1 cm³/mol. The van der Waals surface area contributed by atoms with Crippen LogP contribution in [-0.4, -0.2) is 9.19 Å². The van der Waals surface area contributed by atoms with E-state index in [0.29, 0.717) is 14.9 Å². The van der Waals surface area contributed by atoms with Gasteiger partial charge in [-0.15, -0.1) is 0 Å². The average Bonchev–Trinajstić information content (AvgIpc) is 2.32. The lowest BCUT2D eigenvalue weighted by atomic mass is 10.2. The first-order valence-electron chi connectivity index (χ1n) is 4.77. The first kappa shape index (κ1) is 11.3. The van der Waals surface area contributed by atoms with Crippen molar-refractivity contribution in [1.82, 2.24) is 4.98 Å². The maximum Gasteiger partial charge on any atom is 0.132 e. The summed E-state index contributed by atoms with van der Waals surface area (Å²) < 4.78 is 12.2. The van der Waals surface area contributed by atoms with E-state index in [0.717, 1.165) is 5.56 Å². The van der Waals surface area contributed by atoms with Crippen molar-refractivity contribution in [1.29, 1.82) is 0 Å². The minimum Gasteiger partial charge on any atom is -0.247 e. The maximum atomic E-state index is 12.2. The SMILES string of the molecule is Cc1ccc(Cl)cc1S(=O)c1ccccn1. The summed E-state index contributed by atoms with van der Waals surface area (Å²) in [4.78, 5) is 4.80. The van der Waals surface area contributed by atoms with Gasteiger partial charge in [0, 0.05) is 16.1 Å². The zero-order valence-electron chi connectivity index (χ0n) is 8.68. The highest BCUT2D eigenvalue weighted by Crippen LogP contribution is 2.22. The van der Waals surface area contributed by atoms with E-state index in [-0.39, 0.29) is 0 Å². The van der Waals surface area contributed by atoms with Crippen LogP contribution in [0.1, 0.15) is 5.56 Å². The van der Waals surface area contributed by atoms with E-state index in [1.54, 1.807) is 30.5 Å². The number of hydrogen-bond donors (Lipinski definition) is 0. The summed E-state index contributed by atoms with van der Waals surface area (Å²) in [7, 11) is -1.26. The Morgan fingerprint density at radius 2 is 2.06 bits per heavy atom. The highest BCUT2D eigenvalue weighted by Gasteiger charge is 2.11. The summed E-state index contributed by atoms with van der Waals surface area (Å²) in [5, 5.41) is 1.14. The molecular formula is C12H10ClNOS. The number of aromatic nitrogens is 1.